The number of carbonyl (C=O) groups is 1. The van der Waals surface area contributed by atoms with E-state index in [1.807, 2.05) is 6.92 Å². The molecular formula is C14H18ClNO3. The third kappa shape index (κ3) is 2.85. The van der Waals surface area contributed by atoms with E-state index in [4.69, 9.17) is 21.1 Å². The first-order valence-electron chi connectivity index (χ1n) is 6.21. The number of hydrogen-bond acceptors (Lipinski definition) is 3. The molecule has 0 bridgehead atoms. The molecule has 1 amide bonds. The summed E-state index contributed by atoms with van der Waals surface area (Å²) < 4.78 is 10.5. The normalized spacial score (nSPS) is 17.7. The molecule has 1 fully saturated rings. The summed E-state index contributed by atoms with van der Waals surface area (Å²) in [6.07, 6.45) is 2.06. The van der Waals surface area contributed by atoms with E-state index in [1.165, 1.54) is 0 Å². The van der Waals surface area contributed by atoms with Gasteiger partial charge in [0.15, 0.2) is 0 Å². The van der Waals surface area contributed by atoms with Gasteiger partial charge in [-0.2, -0.15) is 0 Å². The Hall–Kier alpha value is -1.26. The van der Waals surface area contributed by atoms with Crippen LogP contribution in [0.25, 0.3) is 0 Å². The third-order valence-corrected chi connectivity index (χ3v) is 3.94. The minimum atomic E-state index is -0.771. The Morgan fingerprint density at radius 2 is 2.11 bits per heavy atom. The van der Waals surface area contributed by atoms with Gasteiger partial charge in [-0.25, -0.2) is 0 Å². The van der Waals surface area contributed by atoms with Crippen molar-refractivity contribution in [3.63, 3.8) is 0 Å². The van der Waals surface area contributed by atoms with Gasteiger partial charge < -0.3 is 14.8 Å². The smallest absolute Gasteiger partial charge is 0.256 e. The molecule has 1 aromatic rings. The van der Waals surface area contributed by atoms with Gasteiger partial charge >= 0.3 is 0 Å². The Morgan fingerprint density at radius 3 is 2.58 bits per heavy atom. The second-order valence-corrected chi connectivity index (χ2v) is 5.30. The fraction of sp³-hybridized carbons (Fsp3) is 0.500. The van der Waals surface area contributed by atoms with Gasteiger partial charge in [-0.3, -0.25) is 4.79 Å². The van der Waals surface area contributed by atoms with Crippen molar-refractivity contribution in [1.82, 2.24) is 0 Å². The van der Waals surface area contributed by atoms with Crippen LogP contribution in [0.3, 0.4) is 0 Å². The number of ether oxygens (including phenoxy) is 2. The minimum Gasteiger partial charge on any atom is -0.495 e. The van der Waals surface area contributed by atoms with E-state index in [-0.39, 0.29) is 5.91 Å². The predicted molar refractivity (Wildman–Crippen MR) is 74.8 cm³/mol. The lowest BCUT2D eigenvalue weighted by Gasteiger charge is -2.26. The van der Waals surface area contributed by atoms with E-state index in [0.717, 1.165) is 12.8 Å². The van der Waals surface area contributed by atoms with Gasteiger partial charge in [0.25, 0.3) is 5.91 Å². The summed E-state index contributed by atoms with van der Waals surface area (Å²) in [6, 6.07) is 5.14. The highest BCUT2D eigenvalue weighted by atomic mass is 35.5. The summed E-state index contributed by atoms with van der Waals surface area (Å²) in [5.74, 6) is 0.737. The number of hydrogen-bond donors (Lipinski definition) is 1. The average Bonchev–Trinajstić information content (AvgIpc) is 3.22. The van der Waals surface area contributed by atoms with Crippen LogP contribution in [0.15, 0.2) is 18.2 Å². The number of halogens is 1. The van der Waals surface area contributed by atoms with E-state index in [1.54, 1.807) is 32.4 Å². The maximum Gasteiger partial charge on any atom is 0.256 e. The highest BCUT2D eigenvalue weighted by molar-refractivity contribution is 6.32. The Balaban J connectivity index is 2.12. The van der Waals surface area contributed by atoms with Crippen LogP contribution in [0.1, 0.15) is 19.8 Å². The molecule has 4 nitrogen and oxygen atoms in total. The Kier molecular flexibility index (Phi) is 4.02. The van der Waals surface area contributed by atoms with Crippen molar-refractivity contribution in [1.29, 1.82) is 0 Å². The monoisotopic (exact) mass is 283 g/mol. The van der Waals surface area contributed by atoms with Crippen LogP contribution in [-0.2, 0) is 9.53 Å². The van der Waals surface area contributed by atoms with Crippen LogP contribution in [0.2, 0.25) is 5.02 Å². The molecule has 1 N–H and O–H groups in total. The van der Waals surface area contributed by atoms with Crippen LogP contribution in [0.5, 0.6) is 5.75 Å². The first-order valence-corrected chi connectivity index (χ1v) is 6.59. The molecule has 0 aromatic heterocycles. The number of nitrogens with one attached hydrogen (secondary N) is 1. The molecule has 0 heterocycles. The third-order valence-electron chi connectivity index (χ3n) is 3.64. The van der Waals surface area contributed by atoms with Crippen molar-refractivity contribution in [2.75, 3.05) is 19.5 Å². The fourth-order valence-electron chi connectivity index (χ4n) is 2.08. The van der Waals surface area contributed by atoms with Gasteiger partial charge in [0.1, 0.15) is 11.4 Å². The molecule has 1 atom stereocenters. The van der Waals surface area contributed by atoms with E-state index < -0.39 is 5.60 Å². The summed E-state index contributed by atoms with van der Waals surface area (Å²) in [5, 5.41) is 3.31. The molecule has 1 aliphatic rings. The lowest BCUT2D eigenvalue weighted by molar-refractivity contribution is -0.138. The van der Waals surface area contributed by atoms with Crippen molar-refractivity contribution >= 4 is 23.2 Å². The van der Waals surface area contributed by atoms with Crippen LogP contribution in [0.4, 0.5) is 5.69 Å². The molecule has 0 unspecified atom stereocenters. The summed E-state index contributed by atoms with van der Waals surface area (Å²) in [5.41, 5.74) is -0.133. The van der Waals surface area contributed by atoms with Gasteiger partial charge in [0.2, 0.25) is 0 Å². The second kappa shape index (κ2) is 5.39. The number of methoxy groups -OCH3 is 2. The van der Waals surface area contributed by atoms with E-state index >= 15 is 0 Å². The quantitative estimate of drug-likeness (QED) is 0.903. The molecule has 1 aromatic carbocycles. The summed E-state index contributed by atoms with van der Waals surface area (Å²) >= 11 is 6.03. The maximum atomic E-state index is 12.3. The van der Waals surface area contributed by atoms with Gasteiger partial charge in [-0.1, -0.05) is 11.6 Å². The summed E-state index contributed by atoms with van der Waals surface area (Å²) in [4.78, 5) is 12.3. The highest BCUT2D eigenvalue weighted by Gasteiger charge is 2.47. The molecule has 0 aliphatic heterocycles. The summed E-state index contributed by atoms with van der Waals surface area (Å²) in [7, 11) is 3.12. The predicted octanol–water partition coefficient (Wildman–Crippen LogP) is 3.10. The van der Waals surface area contributed by atoms with E-state index in [9.17, 15) is 4.79 Å². The topological polar surface area (TPSA) is 47.6 Å². The summed E-state index contributed by atoms with van der Waals surface area (Å²) in [6.45, 7) is 1.82. The number of carbonyl (C=O) groups excluding carboxylic acids is 1. The Bertz CT molecular complexity index is 488. The second-order valence-electron chi connectivity index (χ2n) is 4.89. The Labute approximate surface area is 118 Å². The van der Waals surface area contributed by atoms with Crippen molar-refractivity contribution < 1.29 is 14.3 Å². The molecule has 19 heavy (non-hydrogen) atoms. The molecule has 0 radical (unpaired) electrons. The molecule has 1 aliphatic carbocycles. The molecule has 1 saturated carbocycles. The van der Waals surface area contributed by atoms with E-state index in [2.05, 4.69) is 5.32 Å². The number of benzene rings is 1. The Morgan fingerprint density at radius 1 is 1.42 bits per heavy atom. The van der Waals surface area contributed by atoms with Crippen molar-refractivity contribution in [3.8, 4) is 5.75 Å². The van der Waals surface area contributed by atoms with E-state index in [0.29, 0.717) is 22.4 Å². The lowest BCUT2D eigenvalue weighted by Crippen LogP contribution is -2.44. The van der Waals surface area contributed by atoms with Gasteiger partial charge in [-0.05, 0) is 43.9 Å². The molecule has 2 rings (SSSR count). The standard InChI is InChI=1S/C14H18ClNO3/c1-14(19-3,9-4-5-9)13(17)16-10-6-7-12(18-2)11(15)8-10/h6-9H,4-5H2,1-3H3,(H,16,17)/t14-/m1/s1. The van der Waals surface area contributed by atoms with Gasteiger partial charge in [0, 0.05) is 12.8 Å². The zero-order valence-corrected chi connectivity index (χ0v) is 12.1. The molecule has 0 spiro atoms. The largest absolute Gasteiger partial charge is 0.495 e. The number of anilines is 1. The molecule has 104 valence electrons. The number of amides is 1. The molecule has 5 heteroatoms. The average molecular weight is 284 g/mol. The molecular weight excluding hydrogens is 266 g/mol. The lowest BCUT2D eigenvalue weighted by atomic mass is 9.99. The van der Waals surface area contributed by atoms with Gasteiger partial charge in [0.05, 0.1) is 12.1 Å². The maximum absolute atomic E-state index is 12.3. The minimum absolute atomic E-state index is 0.140. The first kappa shape index (κ1) is 14.2. The van der Waals surface area contributed by atoms with Crippen LogP contribution >= 0.6 is 11.6 Å². The first-order chi connectivity index (χ1) is 9.01. The zero-order valence-electron chi connectivity index (χ0n) is 11.3. The van der Waals surface area contributed by atoms with Crippen LogP contribution in [0, 0.1) is 5.92 Å². The van der Waals surface area contributed by atoms with Crippen LogP contribution < -0.4 is 10.1 Å². The zero-order chi connectivity index (χ0) is 14.0. The van der Waals surface area contributed by atoms with Crippen molar-refractivity contribution in [2.24, 2.45) is 5.92 Å². The highest BCUT2D eigenvalue weighted by Crippen LogP contribution is 2.42. The van der Waals surface area contributed by atoms with Crippen molar-refractivity contribution in [3.05, 3.63) is 23.2 Å². The SMILES string of the molecule is COc1ccc(NC(=O)[C@](C)(OC)C2CC2)cc1Cl. The van der Waals surface area contributed by atoms with Gasteiger partial charge in [-0.15, -0.1) is 0 Å². The molecule has 0 saturated heterocycles. The fourth-order valence-corrected chi connectivity index (χ4v) is 2.34. The van der Waals surface area contributed by atoms with Crippen LogP contribution in [-0.4, -0.2) is 25.7 Å². The number of rotatable bonds is 5. The van der Waals surface area contributed by atoms with Crippen molar-refractivity contribution in [2.45, 2.75) is 25.4 Å².